The predicted molar refractivity (Wildman–Crippen MR) is 93.3 cm³/mol. The molecule has 2 aliphatic heterocycles. The highest BCUT2D eigenvalue weighted by atomic mass is 16.6. The molecule has 7 heteroatoms. The second-order valence-corrected chi connectivity index (χ2v) is 7.26. The molecule has 5 rings (SSSR count). The summed E-state index contributed by atoms with van der Waals surface area (Å²) in [4.78, 5) is 22.9. The van der Waals surface area contributed by atoms with E-state index in [0.29, 0.717) is 18.7 Å². The molecule has 2 saturated heterocycles. The van der Waals surface area contributed by atoms with Gasteiger partial charge in [0.1, 0.15) is 18.4 Å². The lowest BCUT2D eigenvalue weighted by Crippen LogP contribution is -2.56. The number of nitriles is 1. The maximum atomic E-state index is 13.1. The van der Waals surface area contributed by atoms with Gasteiger partial charge in [0.05, 0.1) is 6.04 Å². The molecule has 1 aromatic heterocycles. The van der Waals surface area contributed by atoms with E-state index in [1.807, 2.05) is 29.2 Å². The Hall–Kier alpha value is -2.98. The Bertz CT molecular complexity index is 920. The molecule has 136 valence electrons. The summed E-state index contributed by atoms with van der Waals surface area (Å²) in [5.41, 5.74) is 0.388. The molecular formula is C20H18N4O3. The fourth-order valence-corrected chi connectivity index (χ4v) is 4.38. The van der Waals surface area contributed by atoms with Crippen molar-refractivity contribution >= 4 is 5.91 Å². The van der Waals surface area contributed by atoms with Gasteiger partial charge in [-0.2, -0.15) is 10.2 Å². The molecule has 0 radical (unpaired) electrons. The molecule has 1 aromatic carbocycles. The van der Waals surface area contributed by atoms with Crippen LogP contribution in [0.3, 0.4) is 0 Å². The Morgan fingerprint density at radius 3 is 2.81 bits per heavy atom. The van der Waals surface area contributed by atoms with Crippen LogP contribution in [-0.4, -0.2) is 38.7 Å². The lowest BCUT2D eigenvalue weighted by molar-refractivity contribution is -0.162. The van der Waals surface area contributed by atoms with Crippen LogP contribution in [0.1, 0.15) is 43.1 Å². The van der Waals surface area contributed by atoms with Gasteiger partial charge in [0.2, 0.25) is 11.7 Å². The highest BCUT2D eigenvalue weighted by Crippen LogP contribution is 2.51. The van der Waals surface area contributed by atoms with Gasteiger partial charge in [-0.25, -0.2) is 4.98 Å². The van der Waals surface area contributed by atoms with Crippen molar-refractivity contribution in [1.82, 2.24) is 14.9 Å². The summed E-state index contributed by atoms with van der Waals surface area (Å²) in [5, 5.41) is 8.88. The molecule has 27 heavy (non-hydrogen) atoms. The quantitative estimate of drug-likeness (QED) is 0.833. The molecule has 0 bridgehead atoms. The Morgan fingerprint density at radius 1 is 1.22 bits per heavy atom. The van der Waals surface area contributed by atoms with Crippen molar-refractivity contribution in [3.63, 3.8) is 0 Å². The normalized spacial score (nSPS) is 31.4. The Kier molecular flexibility index (Phi) is 3.62. The zero-order chi connectivity index (χ0) is 18.4. The van der Waals surface area contributed by atoms with Gasteiger partial charge in [-0.05, 0) is 18.4 Å². The second kappa shape index (κ2) is 6.03. The van der Waals surface area contributed by atoms with E-state index in [1.165, 1.54) is 6.20 Å². The first-order valence-corrected chi connectivity index (χ1v) is 9.14. The van der Waals surface area contributed by atoms with E-state index in [9.17, 15) is 4.79 Å². The Labute approximate surface area is 156 Å². The monoisotopic (exact) mass is 362 g/mol. The van der Waals surface area contributed by atoms with Crippen molar-refractivity contribution in [3.8, 4) is 11.9 Å². The summed E-state index contributed by atoms with van der Waals surface area (Å²) in [6.45, 7) is 0. The SMILES string of the molecule is N#Cc1nccc(OC2CC3(C2)O[C@@H]2CC[C@@H](c4ccccc4)N2C3=O)n1. The lowest BCUT2D eigenvalue weighted by Gasteiger charge is -2.41. The van der Waals surface area contributed by atoms with Gasteiger partial charge in [-0.3, -0.25) is 4.79 Å². The first-order valence-electron chi connectivity index (χ1n) is 9.14. The van der Waals surface area contributed by atoms with Gasteiger partial charge in [0.15, 0.2) is 5.60 Å². The first-order chi connectivity index (χ1) is 13.2. The van der Waals surface area contributed by atoms with Crippen molar-refractivity contribution in [3.05, 3.63) is 54.0 Å². The van der Waals surface area contributed by atoms with E-state index in [2.05, 4.69) is 22.1 Å². The molecule has 1 amide bonds. The van der Waals surface area contributed by atoms with Crippen LogP contribution in [0.15, 0.2) is 42.6 Å². The Morgan fingerprint density at radius 2 is 2.04 bits per heavy atom. The number of hydrogen-bond acceptors (Lipinski definition) is 6. The van der Waals surface area contributed by atoms with Gasteiger partial charge in [-0.15, -0.1) is 0 Å². The number of rotatable bonds is 3. The highest BCUT2D eigenvalue weighted by Gasteiger charge is 2.63. The number of fused-ring (bicyclic) bond motifs is 1. The average Bonchev–Trinajstić information content (AvgIpc) is 3.21. The van der Waals surface area contributed by atoms with Crippen molar-refractivity contribution in [2.75, 3.05) is 0 Å². The maximum Gasteiger partial charge on any atom is 0.257 e. The van der Waals surface area contributed by atoms with E-state index in [1.54, 1.807) is 6.07 Å². The molecule has 2 atom stereocenters. The van der Waals surface area contributed by atoms with Crippen molar-refractivity contribution < 1.29 is 14.3 Å². The number of amides is 1. The van der Waals surface area contributed by atoms with Crippen molar-refractivity contribution in [1.29, 1.82) is 5.26 Å². The Balaban J connectivity index is 1.28. The van der Waals surface area contributed by atoms with E-state index in [4.69, 9.17) is 14.7 Å². The van der Waals surface area contributed by atoms with Gasteiger partial charge >= 0.3 is 0 Å². The number of nitrogens with zero attached hydrogens (tertiary/aromatic N) is 4. The van der Waals surface area contributed by atoms with Crippen LogP contribution in [0.25, 0.3) is 0 Å². The van der Waals surface area contributed by atoms with Crippen molar-refractivity contribution in [2.24, 2.45) is 0 Å². The summed E-state index contributed by atoms with van der Waals surface area (Å²) in [6.07, 6.45) is 3.99. The number of benzene rings is 1. The van der Waals surface area contributed by atoms with Crippen LogP contribution < -0.4 is 4.74 Å². The van der Waals surface area contributed by atoms with Crippen molar-refractivity contribution in [2.45, 2.75) is 49.7 Å². The number of carbonyl (C=O) groups is 1. The maximum absolute atomic E-state index is 13.1. The fraction of sp³-hybridized carbons (Fsp3) is 0.400. The minimum atomic E-state index is -0.770. The zero-order valence-electron chi connectivity index (χ0n) is 14.6. The van der Waals surface area contributed by atoms with Crippen LogP contribution in [0, 0.1) is 11.3 Å². The second-order valence-electron chi connectivity index (χ2n) is 7.26. The number of aromatic nitrogens is 2. The molecule has 1 saturated carbocycles. The third-order valence-electron chi connectivity index (χ3n) is 5.64. The molecule has 0 unspecified atom stereocenters. The molecule has 7 nitrogen and oxygen atoms in total. The predicted octanol–water partition coefficient (Wildman–Crippen LogP) is 2.35. The first kappa shape index (κ1) is 16.2. The van der Waals surface area contributed by atoms with Crippen LogP contribution in [0.2, 0.25) is 0 Å². The molecular weight excluding hydrogens is 344 g/mol. The standard InChI is InChI=1S/C20H18N4O3/c21-12-16-22-9-8-17(23-16)26-14-10-20(11-14)19(25)24-15(6-7-18(24)27-20)13-4-2-1-3-5-13/h1-5,8-9,14-15,18H,6-7,10-11H2/t14?,15-,18+,20?/m0/s1. The summed E-state index contributed by atoms with van der Waals surface area (Å²) >= 11 is 0. The van der Waals surface area contributed by atoms with E-state index in [-0.39, 0.29) is 30.1 Å². The number of hydrogen-bond donors (Lipinski definition) is 0. The summed E-state index contributed by atoms with van der Waals surface area (Å²) in [5.74, 6) is 0.495. The summed E-state index contributed by atoms with van der Waals surface area (Å²) in [7, 11) is 0. The van der Waals surface area contributed by atoms with Gasteiger partial charge < -0.3 is 14.4 Å². The van der Waals surface area contributed by atoms with Gasteiger partial charge in [-0.1, -0.05) is 30.3 Å². The van der Waals surface area contributed by atoms with Crippen LogP contribution in [0.5, 0.6) is 5.88 Å². The summed E-state index contributed by atoms with van der Waals surface area (Å²) in [6, 6.07) is 13.7. The number of ether oxygens (including phenoxy) is 2. The smallest absolute Gasteiger partial charge is 0.257 e. The van der Waals surface area contributed by atoms with E-state index >= 15 is 0 Å². The molecule has 3 aliphatic rings. The molecule has 1 spiro atoms. The van der Waals surface area contributed by atoms with E-state index in [0.717, 1.165) is 18.4 Å². The van der Waals surface area contributed by atoms with Gasteiger partial charge in [0, 0.05) is 25.1 Å². The largest absolute Gasteiger partial charge is 0.474 e. The minimum absolute atomic E-state index is 0.0686. The molecule has 0 N–H and O–H groups in total. The van der Waals surface area contributed by atoms with E-state index < -0.39 is 5.60 Å². The van der Waals surface area contributed by atoms with Gasteiger partial charge in [0.25, 0.3) is 5.91 Å². The molecule has 1 aliphatic carbocycles. The zero-order valence-corrected chi connectivity index (χ0v) is 14.6. The number of carbonyl (C=O) groups excluding carboxylic acids is 1. The lowest BCUT2D eigenvalue weighted by atomic mass is 9.76. The molecule has 3 fully saturated rings. The van der Waals surface area contributed by atoms with Crippen LogP contribution in [0.4, 0.5) is 0 Å². The molecule has 3 heterocycles. The third kappa shape index (κ3) is 2.56. The minimum Gasteiger partial charge on any atom is -0.474 e. The third-order valence-corrected chi connectivity index (χ3v) is 5.64. The average molecular weight is 362 g/mol. The van der Waals surface area contributed by atoms with Crippen LogP contribution in [-0.2, 0) is 9.53 Å². The summed E-state index contributed by atoms with van der Waals surface area (Å²) < 4.78 is 12.0. The molecule has 2 aromatic rings. The van der Waals surface area contributed by atoms with Crippen LogP contribution >= 0.6 is 0 Å². The topological polar surface area (TPSA) is 88.3 Å². The highest BCUT2D eigenvalue weighted by molar-refractivity contribution is 5.89. The fourth-order valence-electron chi connectivity index (χ4n) is 4.38.